The van der Waals surface area contributed by atoms with Gasteiger partial charge in [0.25, 0.3) is 0 Å². The minimum atomic E-state index is -0.500. The summed E-state index contributed by atoms with van der Waals surface area (Å²) < 4.78 is 17.1. The first-order valence-corrected chi connectivity index (χ1v) is 10.0. The number of nitriles is 1. The summed E-state index contributed by atoms with van der Waals surface area (Å²) >= 11 is 0. The van der Waals surface area contributed by atoms with Crippen molar-refractivity contribution in [3.8, 4) is 17.6 Å². The lowest BCUT2D eigenvalue weighted by Gasteiger charge is -2.25. The van der Waals surface area contributed by atoms with Crippen molar-refractivity contribution in [1.82, 2.24) is 0 Å². The molecule has 1 unspecified atom stereocenters. The number of allylic oxidation sites excluding steroid dienone is 1. The number of hydrogen-bond acceptors (Lipinski definition) is 6. The maximum Gasteiger partial charge on any atom is 0.344 e. The summed E-state index contributed by atoms with van der Waals surface area (Å²) in [6.07, 6.45) is 0. The average Bonchev–Trinajstić information content (AvgIpc) is 3.23. The maximum absolute atomic E-state index is 12.9. The van der Waals surface area contributed by atoms with Gasteiger partial charge in [-0.2, -0.15) is 5.26 Å². The molecule has 32 heavy (non-hydrogen) atoms. The molecule has 0 saturated carbocycles. The van der Waals surface area contributed by atoms with E-state index in [1.54, 1.807) is 24.3 Å². The Hall–Kier alpha value is -4.50. The smallest absolute Gasteiger partial charge is 0.344 e. The highest BCUT2D eigenvalue weighted by atomic mass is 16.5. The molecule has 0 amide bonds. The van der Waals surface area contributed by atoms with Crippen molar-refractivity contribution >= 4 is 16.7 Å². The van der Waals surface area contributed by atoms with Crippen molar-refractivity contribution < 1.29 is 18.7 Å². The van der Waals surface area contributed by atoms with Gasteiger partial charge < -0.3 is 19.6 Å². The van der Waals surface area contributed by atoms with Gasteiger partial charge in [0.2, 0.25) is 5.88 Å². The molecule has 0 spiro atoms. The number of aryl methyl sites for hydroxylation is 1. The van der Waals surface area contributed by atoms with E-state index in [0.717, 1.165) is 16.5 Å². The molecule has 6 nitrogen and oxygen atoms in total. The van der Waals surface area contributed by atoms with Crippen molar-refractivity contribution in [1.29, 1.82) is 5.26 Å². The Bertz CT molecular complexity index is 1440. The van der Waals surface area contributed by atoms with Gasteiger partial charge in [0.15, 0.2) is 0 Å². The van der Waals surface area contributed by atoms with Gasteiger partial charge in [0.1, 0.15) is 34.7 Å². The number of esters is 1. The minimum absolute atomic E-state index is 0.00316. The monoisotopic (exact) mass is 422 g/mol. The number of hydrogen-bond donors (Lipinski definition) is 1. The second kappa shape index (κ2) is 7.64. The average molecular weight is 422 g/mol. The van der Waals surface area contributed by atoms with Gasteiger partial charge in [-0.3, -0.25) is 0 Å². The predicted octanol–water partition coefficient (Wildman–Crippen LogP) is 5.18. The van der Waals surface area contributed by atoms with Crippen molar-refractivity contribution in [2.75, 3.05) is 0 Å². The summed E-state index contributed by atoms with van der Waals surface area (Å²) in [6, 6.07) is 23.9. The van der Waals surface area contributed by atoms with E-state index in [1.165, 1.54) is 0 Å². The first kappa shape index (κ1) is 19.5. The van der Waals surface area contributed by atoms with E-state index in [1.807, 2.05) is 55.5 Å². The lowest BCUT2D eigenvalue weighted by atomic mass is 9.87. The molecule has 0 aliphatic carbocycles. The van der Waals surface area contributed by atoms with E-state index in [2.05, 4.69) is 6.07 Å². The summed E-state index contributed by atoms with van der Waals surface area (Å²) in [4.78, 5) is 12.9. The van der Waals surface area contributed by atoms with Gasteiger partial charge >= 0.3 is 5.97 Å². The number of furan rings is 1. The highest BCUT2D eigenvalue weighted by Crippen LogP contribution is 2.43. The Labute approximate surface area is 184 Å². The molecule has 0 fully saturated rings. The van der Waals surface area contributed by atoms with Crippen LogP contribution >= 0.6 is 0 Å². The van der Waals surface area contributed by atoms with E-state index >= 15 is 0 Å². The van der Waals surface area contributed by atoms with Gasteiger partial charge in [0.05, 0.1) is 11.5 Å². The predicted molar refractivity (Wildman–Crippen MR) is 118 cm³/mol. The van der Waals surface area contributed by atoms with Gasteiger partial charge in [-0.05, 0) is 42.0 Å². The maximum atomic E-state index is 12.9. The molecule has 1 aliphatic rings. The molecule has 1 aromatic heterocycles. The number of nitrogens with zero attached hydrogens (tertiary/aromatic N) is 1. The van der Waals surface area contributed by atoms with Crippen molar-refractivity contribution in [2.24, 2.45) is 5.73 Å². The Morgan fingerprint density at radius 1 is 1.06 bits per heavy atom. The molecular weight excluding hydrogens is 404 g/mol. The lowest BCUT2D eigenvalue weighted by molar-refractivity contribution is 0.0736. The van der Waals surface area contributed by atoms with Crippen LogP contribution in [0.25, 0.3) is 10.8 Å². The zero-order valence-electron chi connectivity index (χ0n) is 17.2. The Morgan fingerprint density at radius 3 is 2.66 bits per heavy atom. The third-order valence-electron chi connectivity index (χ3n) is 5.46. The van der Waals surface area contributed by atoms with Crippen LogP contribution in [-0.4, -0.2) is 5.97 Å². The van der Waals surface area contributed by atoms with Crippen LogP contribution in [0.5, 0.6) is 11.5 Å². The number of nitrogens with two attached hydrogens (primary N) is 1. The van der Waals surface area contributed by atoms with E-state index in [9.17, 15) is 10.1 Å². The fourth-order valence-electron chi connectivity index (χ4n) is 3.97. The number of ether oxygens (including phenoxy) is 2. The van der Waals surface area contributed by atoms with Crippen LogP contribution in [0, 0.1) is 18.3 Å². The summed E-state index contributed by atoms with van der Waals surface area (Å²) in [5, 5.41) is 11.4. The molecule has 0 bridgehead atoms. The Balaban J connectivity index is 1.50. The first-order chi connectivity index (χ1) is 15.5. The zero-order valence-corrected chi connectivity index (χ0v) is 17.2. The number of fused-ring (bicyclic) bond motifs is 2. The molecule has 0 saturated heterocycles. The fourth-order valence-corrected chi connectivity index (χ4v) is 3.97. The molecule has 1 atom stereocenters. The van der Waals surface area contributed by atoms with Crippen LogP contribution in [0.2, 0.25) is 0 Å². The van der Waals surface area contributed by atoms with Crippen LogP contribution < -0.4 is 15.2 Å². The summed E-state index contributed by atoms with van der Waals surface area (Å²) in [6.45, 7) is 1.83. The standard InChI is InChI=1S/C26H18N2O4/c1-15-9-12-22(30-15)24-20-11-10-17(13-23(20)32-25(28)21(24)14-27)31-26(29)19-8-4-6-16-5-2-3-7-18(16)19/h2-13,24H,28H2,1H3. The normalized spacial score (nSPS) is 15.1. The molecule has 4 aromatic rings. The number of benzene rings is 3. The SMILES string of the molecule is Cc1ccc(C2C(C#N)=C(N)Oc3cc(OC(=O)c4cccc5ccccc45)ccc32)o1. The molecule has 6 heteroatoms. The molecule has 156 valence electrons. The Morgan fingerprint density at radius 2 is 1.88 bits per heavy atom. The highest BCUT2D eigenvalue weighted by Gasteiger charge is 2.33. The van der Waals surface area contributed by atoms with Gasteiger partial charge in [-0.25, -0.2) is 4.79 Å². The topological polar surface area (TPSA) is 98.5 Å². The van der Waals surface area contributed by atoms with Crippen molar-refractivity contribution in [2.45, 2.75) is 12.8 Å². The van der Waals surface area contributed by atoms with Gasteiger partial charge in [-0.1, -0.05) is 42.5 Å². The fraction of sp³-hybridized carbons (Fsp3) is 0.0769. The molecule has 5 rings (SSSR count). The quantitative estimate of drug-likeness (QED) is 0.361. The van der Waals surface area contributed by atoms with Gasteiger partial charge in [0, 0.05) is 11.6 Å². The van der Waals surface area contributed by atoms with Gasteiger partial charge in [-0.15, -0.1) is 0 Å². The summed E-state index contributed by atoms with van der Waals surface area (Å²) in [5.74, 6) is 1.05. The number of carbonyl (C=O) groups is 1. The lowest BCUT2D eigenvalue weighted by Crippen LogP contribution is -2.21. The van der Waals surface area contributed by atoms with Crippen molar-refractivity contribution in [3.63, 3.8) is 0 Å². The second-order valence-electron chi connectivity index (χ2n) is 7.49. The third-order valence-corrected chi connectivity index (χ3v) is 5.46. The van der Waals surface area contributed by atoms with Crippen molar-refractivity contribution in [3.05, 3.63) is 107 Å². The Kier molecular flexibility index (Phi) is 4.65. The van der Waals surface area contributed by atoms with E-state index < -0.39 is 11.9 Å². The van der Waals surface area contributed by atoms with E-state index in [0.29, 0.717) is 28.4 Å². The molecule has 0 radical (unpaired) electrons. The van der Waals surface area contributed by atoms with Crippen LogP contribution in [0.1, 0.15) is 33.4 Å². The molecule has 3 aromatic carbocycles. The van der Waals surface area contributed by atoms with E-state index in [-0.39, 0.29) is 11.5 Å². The minimum Gasteiger partial charge on any atom is -0.465 e. The zero-order chi connectivity index (χ0) is 22.2. The molecule has 2 heterocycles. The third kappa shape index (κ3) is 3.26. The van der Waals surface area contributed by atoms with Crippen LogP contribution in [0.4, 0.5) is 0 Å². The summed E-state index contributed by atoms with van der Waals surface area (Å²) in [7, 11) is 0. The van der Waals surface area contributed by atoms with E-state index in [4.69, 9.17) is 19.6 Å². The summed E-state index contributed by atoms with van der Waals surface area (Å²) in [5.41, 5.74) is 7.47. The number of rotatable bonds is 3. The highest BCUT2D eigenvalue weighted by molar-refractivity contribution is 6.05. The molecule has 2 N–H and O–H groups in total. The number of carbonyl (C=O) groups excluding carboxylic acids is 1. The molecule has 1 aliphatic heterocycles. The first-order valence-electron chi connectivity index (χ1n) is 10.0. The van der Waals surface area contributed by atoms with Crippen LogP contribution in [0.3, 0.4) is 0 Å². The largest absolute Gasteiger partial charge is 0.465 e. The second-order valence-corrected chi connectivity index (χ2v) is 7.49. The van der Waals surface area contributed by atoms with Crippen LogP contribution in [-0.2, 0) is 0 Å². The van der Waals surface area contributed by atoms with Crippen LogP contribution in [0.15, 0.2) is 88.7 Å². The molecular formula is C26H18N2O4.